The van der Waals surface area contributed by atoms with Gasteiger partial charge in [0.15, 0.2) is 18.1 Å². The van der Waals surface area contributed by atoms with Crippen molar-refractivity contribution in [3.05, 3.63) is 95.7 Å². The van der Waals surface area contributed by atoms with Crippen LogP contribution in [0.2, 0.25) is 5.02 Å². The van der Waals surface area contributed by atoms with Crippen molar-refractivity contribution in [2.75, 3.05) is 0 Å². The van der Waals surface area contributed by atoms with Gasteiger partial charge in [0.2, 0.25) is 5.82 Å². The summed E-state index contributed by atoms with van der Waals surface area (Å²) in [4.78, 5) is 17.2. The zero-order valence-electron chi connectivity index (χ0n) is 16.5. The van der Waals surface area contributed by atoms with Gasteiger partial charge in [-0.2, -0.15) is 10.1 Å². The zero-order chi connectivity index (χ0) is 21.9. The van der Waals surface area contributed by atoms with Crippen LogP contribution in [0.15, 0.2) is 88.0 Å². The summed E-state index contributed by atoms with van der Waals surface area (Å²) in [6, 6.07) is 21.4. The SMILES string of the molecule is O=C(OCc1nc(-c2ccc(Cl)cc2)no1)c1cc(-c2ccco2)nn1-c1ccccc1. The van der Waals surface area contributed by atoms with Crippen LogP contribution in [0.5, 0.6) is 0 Å². The van der Waals surface area contributed by atoms with E-state index in [1.165, 1.54) is 4.68 Å². The Labute approximate surface area is 187 Å². The minimum atomic E-state index is -0.592. The summed E-state index contributed by atoms with van der Waals surface area (Å²) in [6.45, 7) is -0.185. The molecule has 5 rings (SSSR count). The third-order valence-electron chi connectivity index (χ3n) is 4.59. The van der Waals surface area contributed by atoms with Crippen LogP contribution in [-0.2, 0) is 11.3 Å². The molecule has 0 unspecified atom stereocenters. The van der Waals surface area contributed by atoms with Crippen LogP contribution < -0.4 is 0 Å². The maximum atomic E-state index is 12.9. The molecule has 0 aliphatic rings. The maximum Gasteiger partial charge on any atom is 0.357 e. The first kappa shape index (κ1) is 19.8. The fourth-order valence-corrected chi connectivity index (χ4v) is 3.19. The van der Waals surface area contributed by atoms with Gasteiger partial charge in [0.1, 0.15) is 5.69 Å². The van der Waals surface area contributed by atoms with Gasteiger partial charge < -0.3 is 13.7 Å². The average molecular weight is 447 g/mol. The van der Waals surface area contributed by atoms with Crippen LogP contribution in [0.3, 0.4) is 0 Å². The molecule has 32 heavy (non-hydrogen) atoms. The largest absolute Gasteiger partial charge is 0.463 e. The van der Waals surface area contributed by atoms with E-state index >= 15 is 0 Å². The number of esters is 1. The van der Waals surface area contributed by atoms with Gasteiger partial charge in [0.25, 0.3) is 5.89 Å². The topological polar surface area (TPSA) is 96.2 Å². The molecular weight excluding hydrogens is 432 g/mol. The molecular formula is C23H15ClN4O4. The predicted molar refractivity (Wildman–Crippen MR) is 115 cm³/mol. The van der Waals surface area contributed by atoms with Crippen molar-refractivity contribution < 1.29 is 18.5 Å². The highest BCUT2D eigenvalue weighted by molar-refractivity contribution is 6.30. The van der Waals surface area contributed by atoms with Gasteiger partial charge in [-0.15, -0.1) is 0 Å². The van der Waals surface area contributed by atoms with E-state index in [9.17, 15) is 4.79 Å². The minimum Gasteiger partial charge on any atom is -0.463 e. The molecule has 0 spiro atoms. The number of para-hydroxylation sites is 1. The summed E-state index contributed by atoms with van der Waals surface area (Å²) in [6.07, 6.45) is 1.54. The smallest absolute Gasteiger partial charge is 0.357 e. The highest BCUT2D eigenvalue weighted by Gasteiger charge is 2.21. The van der Waals surface area contributed by atoms with Crippen LogP contribution in [0.1, 0.15) is 16.4 Å². The van der Waals surface area contributed by atoms with Crippen molar-refractivity contribution in [2.24, 2.45) is 0 Å². The summed E-state index contributed by atoms with van der Waals surface area (Å²) in [5.74, 6) is 0.492. The van der Waals surface area contributed by atoms with Gasteiger partial charge in [-0.25, -0.2) is 9.48 Å². The molecule has 0 N–H and O–H groups in total. The second-order valence-electron chi connectivity index (χ2n) is 6.73. The van der Waals surface area contributed by atoms with Crippen molar-refractivity contribution in [3.63, 3.8) is 0 Å². The van der Waals surface area contributed by atoms with E-state index in [0.717, 1.165) is 5.56 Å². The molecule has 0 aliphatic carbocycles. The number of aromatic nitrogens is 4. The number of benzene rings is 2. The Morgan fingerprint density at radius 1 is 1.03 bits per heavy atom. The van der Waals surface area contributed by atoms with Crippen LogP contribution in [0.4, 0.5) is 0 Å². The Balaban J connectivity index is 1.37. The predicted octanol–water partition coefficient (Wildman–Crippen LogP) is 5.19. The highest BCUT2D eigenvalue weighted by atomic mass is 35.5. The van der Waals surface area contributed by atoms with Gasteiger partial charge in [0, 0.05) is 16.7 Å². The van der Waals surface area contributed by atoms with E-state index in [-0.39, 0.29) is 18.2 Å². The Hall–Kier alpha value is -4.17. The molecule has 0 atom stereocenters. The summed E-state index contributed by atoms with van der Waals surface area (Å²) in [7, 11) is 0. The molecule has 2 aromatic carbocycles. The third kappa shape index (κ3) is 4.03. The summed E-state index contributed by atoms with van der Waals surface area (Å²) < 4.78 is 17.6. The highest BCUT2D eigenvalue weighted by Crippen LogP contribution is 2.23. The van der Waals surface area contributed by atoms with E-state index in [1.807, 2.05) is 30.3 Å². The number of halogens is 1. The lowest BCUT2D eigenvalue weighted by molar-refractivity contribution is 0.0419. The summed E-state index contributed by atoms with van der Waals surface area (Å²) in [5.41, 5.74) is 2.19. The molecule has 0 fully saturated rings. The van der Waals surface area contributed by atoms with Crippen molar-refractivity contribution >= 4 is 17.6 Å². The number of hydrogen-bond donors (Lipinski definition) is 0. The average Bonchev–Trinajstić information content (AvgIpc) is 3.59. The molecule has 0 radical (unpaired) electrons. The van der Waals surface area contributed by atoms with Crippen LogP contribution in [0.25, 0.3) is 28.5 Å². The number of rotatable bonds is 6. The van der Waals surface area contributed by atoms with Crippen molar-refractivity contribution in [3.8, 4) is 28.5 Å². The lowest BCUT2D eigenvalue weighted by Crippen LogP contribution is -2.12. The Morgan fingerprint density at radius 3 is 2.59 bits per heavy atom. The Morgan fingerprint density at radius 2 is 1.84 bits per heavy atom. The molecule has 0 bridgehead atoms. The van der Waals surface area contributed by atoms with Crippen LogP contribution >= 0.6 is 11.6 Å². The summed E-state index contributed by atoms with van der Waals surface area (Å²) in [5, 5.41) is 9.04. The van der Waals surface area contributed by atoms with E-state index in [2.05, 4.69) is 15.2 Å². The monoisotopic (exact) mass is 446 g/mol. The molecule has 8 nitrogen and oxygen atoms in total. The standard InChI is InChI=1S/C23H15ClN4O4/c24-16-10-8-15(9-11-16)22-25-21(32-27-22)14-31-23(29)19-13-18(20-7-4-12-30-20)26-28(19)17-5-2-1-3-6-17/h1-13H,14H2. The van der Waals surface area contributed by atoms with E-state index < -0.39 is 5.97 Å². The molecule has 3 aromatic heterocycles. The number of carbonyl (C=O) groups is 1. The van der Waals surface area contributed by atoms with Crippen molar-refractivity contribution in [2.45, 2.75) is 6.61 Å². The van der Waals surface area contributed by atoms with Crippen molar-refractivity contribution in [1.82, 2.24) is 19.9 Å². The molecule has 0 saturated heterocycles. The van der Waals surface area contributed by atoms with Crippen LogP contribution in [-0.4, -0.2) is 25.9 Å². The zero-order valence-corrected chi connectivity index (χ0v) is 17.3. The molecule has 0 amide bonds. The third-order valence-corrected chi connectivity index (χ3v) is 4.84. The summed E-state index contributed by atoms with van der Waals surface area (Å²) >= 11 is 5.90. The Kier molecular flexibility index (Phi) is 5.27. The molecule has 3 heterocycles. The fraction of sp³-hybridized carbons (Fsp3) is 0.0435. The molecule has 9 heteroatoms. The number of ether oxygens (including phenoxy) is 1. The molecule has 158 valence electrons. The van der Waals surface area contributed by atoms with Gasteiger partial charge in [-0.05, 0) is 48.5 Å². The maximum absolute atomic E-state index is 12.9. The van der Waals surface area contributed by atoms with E-state index in [4.69, 9.17) is 25.3 Å². The number of nitrogens with zero attached hydrogens (tertiary/aromatic N) is 4. The lowest BCUT2D eigenvalue weighted by Gasteiger charge is -2.06. The normalized spacial score (nSPS) is 10.9. The van der Waals surface area contributed by atoms with Gasteiger partial charge in [-0.1, -0.05) is 35.0 Å². The molecule has 0 saturated carbocycles. The van der Waals surface area contributed by atoms with E-state index in [1.54, 1.807) is 48.7 Å². The van der Waals surface area contributed by atoms with Crippen molar-refractivity contribution in [1.29, 1.82) is 0 Å². The first-order valence-corrected chi connectivity index (χ1v) is 10.0. The number of carbonyl (C=O) groups excluding carboxylic acids is 1. The number of hydrogen-bond acceptors (Lipinski definition) is 7. The van der Waals surface area contributed by atoms with Gasteiger partial charge in [-0.3, -0.25) is 0 Å². The Bertz CT molecular complexity index is 1340. The first-order chi connectivity index (χ1) is 15.7. The molecule has 5 aromatic rings. The van der Waals surface area contributed by atoms with E-state index in [0.29, 0.717) is 28.0 Å². The fourth-order valence-electron chi connectivity index (χ4n) is 3.07. The van der Waals surface area contributed by atoms with Gasteiger partial charge in [0.05, 0.1) is 12.0 Å². The minimum absolute atomic E-state index is 0.167. The molecule has 0 aliphatic heterocycles. The lowest BCUT2D eigenvalue weighted by atomic mass is 10.2. The van der Waals surface area contributed by atoms with Crippen LogP contribution in [0, 0.1) is 0 Å². The number of furan rings is 1. The van der Waals surface area contributed by atoms with Gasteiger partial charge >= 0.3 is 5.97 Å². The first-order valence-electron chi connectivity index (χ1n) is 9.62. The second kappa shape index (κ2) is 8.52. The second-order valence-corrected chi connectivity index (χ2v) is 7.17. The quantitative estimate of drug-likeness (QED) is 0.331.